The molecule has 0 spiro atoms. The standard InChI is InChI=1S/C8H5Cl2N3.2C5H3Cl2N3O2.C5H5Cl2N3.C5H4Cl2N2.C3H4O2.CH4O.HNO3.2H2O4S/c1-4-3-11-7-5(12-4)2-6(9)13-8(7)10;6-4-1-3(9-10(11)12)2-5(7)8-4;6-3-1-2(8)4(10(11)12)5(7)9-3;6-3-1-2(8)4(9)5(7)10-3;6-4-1-3(8)2-5(7)9-4;1-3(5)2-4;1-2;2-1(3)4;2*1-5(2,3)4/h2-3H,1H3;1-2H,(H,8,9);1H,(H2,8,9);1H,9H2,(H2,8,10);1-2H,(H2,8,9);2H,1H3;2H,1H3;(H,2,3,4);2*(H2,1,2,3,4). The van der Waals surface area contributed by atoms with Crippen LogP contribution in [0.3, 0.4) is 0 Å². The van der Waals surface area contributed by atoms with E-state index in [-0.39, 0.29) is 59.4 Å². The maximum atomic E-state index is 10.3. The second kappa shape index (κ2) is 39.4. The molecule has 0 radical (unpaired) electrons. The Hall–Kier alpha value is -5.97. The molecule has 45 heteroatoms. The Bertz CT molecular complexity index is 3000. The number of hydrogen-bond acceptors (Lipinski definition) is 24. The zero-order valence-electron chi connectivity index (χ0n) is 37.7. The first kappa shape index (κ1) is 77.5. The number of rotatable bonds is 4. The average molecular weight is 1330 g/mol. The first-order valence-corrected chi connectivity index (χ1v) is 24.2. The van der Waals surface area contributed by atoms with E-state index >= 15 is 0 Å². The van der Waals surface area contributed by atoms with E-state index in [1.165, 1.54) is 43.3 Å². The van der Waals surface area contributed by atoms with Crippen LogP contribution < -0.4 is 28.4 Å². The summed E-state index contributed by atoms with van der Waals surface area (Å²) in [4.78, 5) is 73.2. The van der Waals surface area contributed by atoms with Crippen LogP contribution in [0.25, 0.3) is 11.0 Å². The van der Waals surface area contributed by atoms with Crippen LogP contribution in [0.2, 0.25) is 51.5 Å². The summed E-state index contributed by atoms with van der Waals surface area (Å²) in [5.74, 6) is -0.426. The predicted octanol–water partition coefficient (Wildman–Crippen LogP) is 7.76. The lowest BCUT2D eigenvalue weighted by Crippen LogP contribution is -2.07. The molecule has 0 saturated carbocycles. The summed E-state index contributed by atoms with van der Waals surface area (Å²) in [5.41, 5.74) is 26.2. The number of pyridine rings is 5. The fourth-order valence-corrected chi connectivity index (χ4v) is 5.72. The number of aliphatic hydroxyl groups is 1. The summed E-state index contributed by atoms with van der Waals surface area (Å²) in [6.45, 7) is 3.07. The van der Waals surface area contributed by atoms with Crippen LogP contribution in [0.1, 0.15) is 12.6 Å². The smallest absolute Gasteiger partial charge is 0.394 e. The zero-order valence-corrected chi connectivity index (χ0v) is 46.8. The Morgan fingerprint density at radius 1 is 0.610 bits per heavy atom. The van der Waals surface area contributed by atoms with Gasteiger partial charge in [0.1, 0.15) is 53.0 Å². The number of nitro groups is 2. The maximum absolute atomic E-state index is 10.3. The van der Waals surface area contributed by atoms with Crippen molar-refractivity contribution in [1.82, 2.24) is 34.9 Å². The second-order valence-corrected chi connectivity index (χ2v) is 17.1. The van der Waals surface area contributed by atoms with Gasteiger partial charge in [0.25, 0.3) is 5.09 Å². The highest BCUT2D eigenvalue weighted by Crippen LogP contribution is 2.31. The minimum atomic E-state index is -4.67. The molecule has 0 aliphatic heterocycles. The number of Topliss-reactive ketones (excluding diaryl/α,β-unsaturated/α-hetero) is 1. The van der Waals surface area contributed by atoms with Crippen molar-refractivity contribution in [1.29, 1.82) is 0 Å². The Balaban J connectivity index is -0.000000398. The van der Waals surface area contributed by atoms with Crippen LogP contribution in [-0.4, -0.2) is 114 Å². The highest BCUT2D eigenvalue weighted by molar-refractivity contribution is 7.80. The van der Waals surface area contributed by atoms with Crippen LogP contribution in [0.4, 0.5) is 34.1 Å². The number of nitrogen functional groups attached to an aromatic ring is 4. The van der Waals surface area contributed by atoms with Crippen molar-refractivity contribution in [3.63, 3.8) is 0 Å². The zero-order chi connectivity index (χ0) is 61.3. The van der Waals surface area contributed by atoms with E-state index in [1.807, 2.05) is 12.3 Å². The van der Waals surface area contributed by atoms with Gasteiger partial charge in [-0.25, -0.2) is 45.0 Å². The number of aryl methyl sites for hydroxylation is 1. The van der Waals surface area contributed by atoms with E-state index in [0.717, 1.165) is 12.8 Å². The molecule has 0 atom stereocenters. The van der Waals surface area contributed by atoms with Crippen LogP contribution in [0, 0.1) is 37.3 Å². The molecule has 15 N–H and O–H groups in total. The van der Waals surface area contributed by atoms with E-state index < -0.39 is 47.3 Å². The minimum absolute atomic E-state index is 0.0306. The molecule has 6 heterocycles. The summed E-state index contributed by atoms with van der Waals surface area (Å²) in [6.07, 6.45) is 1.92. The highest BCUT2D eigenvalue weighted by Gasteiger charge is 2.19. The number of ketones is 1. The fourth-order valence-electron chi connectivity index (χ4n) is 3.35. The molecule has 0 unspecified atom stereocenters. The van der Waals surface area contributed by atoms with Gasteiger partial charge in [-0.1, -0.05) is 116 Å². The molecule has 0 bridgehead atoms. The van der Waals surface area contributed by atoms with Gasteiger partial charge < -0.3 is 33.2 Å². The van der Waals surface area contributed by atoms with E-state index in [1.54, 1.807) is 12.3 Å². The van der Waals surface area contributed by atoms with Crippen LogP contribution in [0.15, 0.2) is 48.7 Å². The Kier molecular flexibility index (Phi) is 39.7. The summed E-state index contributed by atoms with van der Waals surface area (Å²) in [6, 6.07) is 9.93. The van der Waals surface area contributed by atoms with Crippen LogP contribution >= 0.6 is 116 Å². The quantitative estimate of drug-likeness (QED) is 0.0200. The maximum Gasteiger partial charge on any atom is 0.394 e. The number of aromatic nitrogens is 7. The lowest BCUT2D eigenvalue weighted by molar-refractivity contribution is -0.742. The lowest BCUT2D eigenvalue weighted by atomic mass is 10.3. The molecule has 0 saturated heterocycles. The minimum Gasteiger partial charge on any atom is -0.400 e. The predicted molar refractivity (Wildman–Crippen MR) is 286 cm³/mol. The van der Waals surface area contributed by atoms with Crippen molar-refractivity contribution >= 4 is 194 Å². The number of carbonyl (C=O) groups excluding carboxylic acids is 2. The summed E-state index contributed by atoms with van der Waals surface area (Å²) in [7, 11) is -8.33. The van der Waals surface area contributed by atoms with Gasteiger partial charge in [0.2, 0.25) is 5.15 Å². The number of hydrazine groups is 1. The number of carbonyl (C=O) groups is 2. The Labute approximate surface area is 481 Å². The number of anilines is 5. The number of fused-ring (bicyclic) bond motifs is 1. The van der Waals surface area contributed by atoms with Crippen LogP contribution in [0.5, 0.6) is 0 Å². The van der Waals surface area contributed by atoms with Gasteiger partial charge in [0.15, 0.2) is 27.4 Å². The number of nitrogens with two attached hydrogens (primary N) is 4. The molecule has 0 aliphatic carbocycles. The number of aldehydes is 1. The topological polar surface area (TPSA) is 560 Å². The van der Waals surface area contributed by atoms with Crippen molar-refractivity contribution in [2.24, 2.45) is 0 Å². The third kappa shape index (κ3) is 44.8. The Morgan fingerprint density at radius 2 is 0.948 bits per heavy atom. The van der Waals surface area contributed by atoms with Crippen molar-refractivity contribution in [2.75, 3.05) is 35.5 Å². The molecule has 0 aliphatic rings. The van der Waals surface area contributed by atoms with Gasteiger partial charge in [-0.2, -0.15) is 16.8 Å². The molecular formula is C32H33Cl10N15O18S2. The molecule has 33 nitrogen and oxygen atoms in total. The molecular weight excluding hydrogens is 1300 g/mol. The number of hydrogen-bond donors (Lipinski definition) is 11. The molecule has 0 aromatic carbocycles. The van der Waals surface area contributed by atoms with Gasteiger partial charge >= 0.3 is 26.5 Å². The van der Waals surface area contributed by atoms with E-state index in [9.17, 15) is 25.0 Å². The molecule has 77 heavy (non-hydrogen) atoms. The number of halogens is 10. The molecule has 6 aromatic heterocycles. The first-order chi connectivity index (χ1) is 35.1. The van der Waals surface area contributed by atoms with Gasteiger partial charge in [-0.15, -0.1) is 15.5 Å². The fraction of sp³-hybridized carbons (Fsp3) is 0.0938. The largest absolute Gasteiger partial charge is 0.400 e. The van der Waals surface area contributed by atoms with Gasteiger partial charge in [-0.3, -0.25) is 37.9 Å². The molecule has 0 fully saturated rings. The molecule has 426 valence electrons. The number of nitrogens with zero attached hydrogens (tertiary/aromatic N) is 10. The summed E-state index contributed by atoms with van der Waals surface area (Å²) < 4.78 is 63.2. The molecule has 6 rings (SSSR count). The van der Waals surface area contributed by atoms with Crippen molar-refractivity contribution in [3.05, 3.63) is 136 Å². The van der Waals surface area contributed by atoms with Crippen LogP contribution in [-0.2, 0) is 30.4 Å². The molecule has 0 amide bonds. The monoisotopic (exact) mass is 1330 g/mol. The van der Waals surface area contributed by atoms with E-state index in [4.69, 9.17) is 199 Å². The van der Waals surface area contributed by atoms with E-state index in [0.29, 0.717) is 37.9 Å². The average Bonchev–Trinajstić information content (AvgIpc) is 3.21. The Morgan fingerprint density at radius 3 is 1.29 bits per heavy atom. The third-order valence-electron chi connectivity index (χ3n) is 5.65. The summed E-state index contributed by atoms with van der Waals surface area (Å²) in [5, 5.41) is 41.8. The molecule has 6 aromatic rings. The SMILES string of the molecule is CC(=O)C=O.CO.Cc1cnc2c(Cl)nc(Cl)cc2n1.Nc1cc(Cl)nc(Cl)c1.Nc1cc(Cl)nc(Cl)c1N.Nc1cc(Cl)nc(Cl)c1[N+](=O)[O-].O=S(=O)(O)O.O=S(=O)(O)O.O=[N+]([O-])Nc1cc(Cl)nc(Cl)c1.O=[N+]([O-])O. The number of nitrogens with one attached hydrogen (secondary N) is 1. The van der Waals surface area contributed by atoms with Gasteiger partial charge in [0.05, 0.1) is 27.5 Å². The van der Waals surface area contributed by atoms with Gasteiger partial charge in [0, 0.05) is 56.2 Å². The highest BCUT2D eigenvalue weighted by atomic mass is 35.5. The van der Waals surface area contributed by atoms with Crippen molar-refractivity contribution < 1.29 is 70.0 Å². The van der Waals surface area contributed by atoms with Gasteiger partial charge in [-0.05, 0) is 19.1 Å². The third-order valence-corrected chi connectivity index (χ3v) is 7.82. The first-order valence-electron chi connectivity index (χ1n) is 17.6. The normalized spacial score (nSPS) is 9.53. The second-order valence-electron chi connectivity index (χ2n) is 11.6. The lowest BCUT2D eigenvalue weighted by Gasteiger charge is -2.00. The van der Waals surface area contributed by atoms with Crippen molar-refractivity contribution in [3.8, 4) is 0 Å². The van der Waals surface area contributed by atoms with Crippen molar-refractivity contribution in [2.45, 2.75) is 13.8 Å². The van der Waals surface area contributed by atoms with E-state index in [2.05, 4.69) is 34.9 Å². The number of aliphatic hydroxyl groups excluding tert-OH is 1. The summed E-state index contributed by atoms with van der Waals surface area (Å²) >= 11 is 55.3.